The quantitative estimate of drug-likeness (QED) is 0.911. The summed E-state index contributed by atoms with van der Waals surface area (Å²) in [4.78, 5) is 13.5. The number of benzene rings is 1. The van der Waals surface area contributed by atoms with Crippen LogP contribution in [0.1, 0.15) is 13.3 Å². The number of rotatable bonds is 4. The van der Waals surface area contributed by atoms with Crippen LogP contribution in [0.15, 0.2) is 22.7 Å². The molecular formula is C12H13BrClN3O. The number of carbonyl (C=O) groups excluding carboxylic acids is 1. The Bertz CT molecular complexity index is 473. The summed E-state index contributed by atoms with van der Waals surface area (Å²) in [6.45, 7) is 2.85. The van der Waals surface area contributed by atoms with Gasteiger partial charge in [0.15, 0.2) is 0 Å². The van der Waals surface area contributed by atoms with E-state index < -0.39 is 0 Å². The Morgan fingerprint density at radius 2 is 2.33 bits per heavy atom. The summed E-state index contributed by atoms with van der Waals surface area (Å²) >= 11 is 9.16. The van der Waals surface area contributed by atoms with Gasteiger partial charge in [-0.3, -0.25) is 0 Å². The van der Waals surface area contributed by atoms with Gasteiger partial charge in [-0.2, -0.15) is 5.26 Å². The van der Waals surface area contributed by atoms with E-state index in [4.69, 9.17) is 16.9 Å². The number of hydrogen-bond donors (Lipinski definition) is 1. The van der Waals surface area contributed by atoms with Crippen molar-refractivity contribution in [2.24, 2.45) is 0 Å². The molecule has 0 aliphatic heterocycles. The van der Waals surface area contributed by atoms with Crippen molar-refractivity contribution in [3.05, 3.63) is 27.7 Å². The summed E-state index contributed by atoms with van der Waals surface area (Å²) in [5, 5.41) is 11.9. The van der Waals surface area contributed by atoms with E-state index in [2.05, 4.69) is 21.2 Å². The maximum atomic E-state index is 11.9. The van der Waals surface area contributed by atoms with Crippen LogP contribution in [0.4, 0.5) is 10.5 Å². The molecule has 0 heterocycles. The highest BCUT2D eigenvalue weighted by atomic mass is 79.9. The fourth-order valence-corrected chi connectivity index (χ4v) is 1.86. The topological polar surface area (TPSA) is 56.1 Å². The average molecular weight is 331 g/mol. The fraction of sp³-hybridized carbons (Fsp3) is 0.333. The van der Waals surface area contributed by atoms with Gasteiger partial charge in [0.1, 0.15) is 0 Å². The van der Waals surface area contributed by atoms with Gasteiger partial charge in [0.05, 0.1) is 17.5 Å². The molecule has 0 bridgehead atoms. The van der Waals surface area contributed by atoms with Gasteiger partial charge in [-0.15, -0.1) is 0 Å². The number of carbonyl (C=O) groups is 1. The van der Waals surface area contributed by atoms with Crippen molar-refractivity contribution in [1.82, 2.24) is 4.90 Å². The van der Waals surface area contributed by atoms with Gasteiger partial charge in [0.25, 0.3) is 0 Å². The van der Waals surface area contributed by atoms with Crippen molar-refractivity contribution in [2.45, 2.75) is 13.3 Å². The molecule has 1 aromatic carbocycles. The van der Waals surface area contributed by atoms with Crippen molar-refractivity contribution >= 4 is 39.2 Å². The monoisotopic (exact) mass is 329 g/mol. The Morgan fingerprint density at radius 1 is 1.61 bits per heavy atom. The van der Waals surface area contributed by atoms with Crippen molar-refractivity contribution < 1.29 is 4.79 Å². The molecule has 0 aromatic heterocycles. The van der Waals surface area contributed by atoms with Crippen LogP contribution < -0.4 is 5.32 Å². The number of nitrogens with zero attached hydrogens (tertiary/aromatic N) is 2. The van der Waals surface area contributed by atoms with Crippen LogP contribution >= 0.6 is 27.5 Å². The molecule has 0 unspecified atom stereocenters. The molecule has 1 rings (SSSR count). The summed E-state index contributed by atoms with van der Waals surface area (Å²) in [6.07, 6.45) is 0.325. The molecule has 0 saturated heterocycles. The fourth-order valence-electron chi connectivity index (χ4n) is 1.36. The molecule has 4 nitrogen and oxygen atoms in total. The summed E-state index contributed by atoms with van der Waals surface area (Å²) in [6, 6.07) is 6.96. The Balaban J connectivity index is 2.68. The van der Waals surface area contributed by atoms with Crippen LogP contribution in [0.2, 0.25) is 5.02 Å². The lowest BCUT2D eigenvalue weighted by atomic mass is 10.3. The van der Waals surface area contributed by atoms with Gasteiger partial charge in [-0.25, -0.2) is 4.79 Å². The van der Waals surface area contributed by atoms with Crippen LogP contribution in [-0.4, -0.2) is 24.0 Å². The normalized spacial score (nSPS) is 9.67. The molecule has 2 amide bonds. The molecule has 1 aromatic rings. The molecule has 0 saturated carbocycles. The van der Waals surface area contributed by atoms with E-state index in [0.29, 0.717) is 30.2 Å². The molecule has 96 valence electrons. The Morgan fingerprint density at radius 3 is 2.89 bits per heavy atom. The van der Waals surface area contributed by atoms with Gasteiger partial charge in [-0.05, 0) is 41.1 Å². The minimum Gasteiger partial charge on any atom is -0.324 e. The number of anilines is 1. The van der Waals surface area contributed by atoms with Crippen LogP contribution in [0, 0.1) is 11.3 Å². The first-order valence-electron chi connectivity index (χ1n) is 5.46. The Labute approximate surface area is 120 Å². The van der Waals surface area contributed by atoms with E-state index in [1.807, 2.05) is 13.0 Å². The molecule has 0 aliphatic rings. The summed E-state index contributed by atoms with van der Waals surface area (Å²) in [5.74, 6) is 0. The molecule has 0 aliphatic carbocycles. The van der Waals surface area contributed by atoms with E-state index in [1.54, 1.807) is 23.1 Å². The van der Waals surface area contributed by atoms with Gasteiger partial charge in [0, 0.05) is 23.2 Å². The zero-order chi connectivity index (χ0) is 13.5. The zero-order valence-corrected chi connectivity index (χ0v) is 12.3. The van der Waals surface area contributed by atoms with Crippen LogP contribution in [0.3, 0.4) is 0 Å². The van der Waals surface area contributed by atoms with Crippen LogP contribution in [-0.2, 0) is 0 Å². The number of halogens is 2. The second kappa shape index (κ2) is 7.24. The molecule has 1 N–H and O–H groups in total. The largest absolute Gasteiger partial charge is 0.324 e. The lowest BCUT2D eigenvalue weighted by Crippen LogP contribution is -2.35. The molecule has 18 heavy (non-hydrogen) atoms. The van der Waals surface area contributed by atoms with E-state index in [0.717, 1.165) is 4.47 Å². The maximum absolute atomic E-state index is 11.9. The lowest BCUT2D eigenvalue weighted by Gasteiger charge is -2.20. The second-order valence-electron chi connectivity index (χ2n) is 3.55. The Kier molecular flexibility index (Phi) is 5.96. The number of urea groups is 1. The van der Waals surface area contributed by atoms with Gasteiger partial charge >= 0.3 is 6.03 Å². The highest BCUT2D eigenvalue weighted by Crippen LogP contribution is 2.25. The number of hydrogen-bond acceptors (Lipinski definition) is 2. The van der Waals surface area contributed by atoms with Crippen molar-refractivity contribution in [3.8, 4) is 6.07 Å². The molecule has 0 radical (unpaired) electrons. The van der Waals surface area contributed by atoms with E-state index in [1.165, 1.54) is 0 Å². The smallest absolute Gasteiger partial charge is 0.321 e. The van der Waals surface area contributed by atoms with E-state index in [9.17, 15) is 4.79 Å². The zero-order valence-electron chi connectivity index (χ0n) is 9.91. The van der Waals surface area contributed by atoms with Crippen LogP contribution in [0.5, 0.6) is 0 Å². The SMILES string of the molecule is CCN(CCC#N)C(=O)Nc1ccc(Cl)c(Br)c1. The first kappa shape index (κ1) is 14.8. The van der Waals surface area contributed by atoms with Gasteiger partial charge in [-0.1, -0.05) is 11.6 Å². The minimum atomic E-state index is -0.220. The van der Waals surface area contributed by atoms with Gasteiger partial charge < -0.3 is 10.2 Å². The van der Waals surface area contributed by atoms with Gasteiger partial charge in [0.2, 0.25) is 0 Å². The van der Waals surface area contributed by atoms with Crippen molar-refractivity contribution in [3.63, 3.8) is 0 Å². The summed E-state index contributed by atoms with van der Waals surface area (Å²) in [7, 11) is 0. The van der Waals surface area contributed by atoms with E-state index >= 15 is 0 Å². The molecular weight excluding hydrogens is 318 g/mol. The average Bonchev–Trinajstić information content (AvgIpc) is 2.35. The minimum absolute atomic E-state index is 0.220. The number of nitrogens with one attached hydrogen (secondary N) is 1. The molecule has 0 atom stereocenters. The first-order chi connectivity index (χ1) is 8.58. The number of nitriles is 1. The standard InChI is InChI=1S/C12H13BrClN3O/c1-2-17(7-3-6-15)12(18)16-9-4-5-11(14)10(13)8-9/h4-5,8H,2-3,7H2,1H3,(H,16,18). The third-order valence-electron chi connectivity index (χ3n) is 2.33. The van der Waals surface area contributed by atoms with Crippen molar-refractivity contribution in [1.29, 1.82) is 5.26 Å². The summed E-state index contributed by atoms with van der Waals surface area (Å²) < 4.78 is 0.724. The van der Waals surface area contributed by atoms with Crippen molar-refractivity contribution in [2.75, 3.05) is 18.4 Å². The third kappa shape index (κ3) is 4.21. The van der Waals surface area contributed by atoms with E-state index in [-0.39, 0.29) is 6.03 Å². The predicted octanol–water partition coefficient (Wildman–Crippen LogP) is 3.87. The number of amides is 2. The first-order valence-corrected chi connectivity index (χ1v) is 6.63. The second-order valence-corrected chi connectivity index (χ2v) is 4.81. The third-order valence-corrected chi connectivity index (χ3v) is 3.55. The lowest BCUT2D eigenvalue weighted by molar-refractivity contribution is 0.215. The molecule has 0 fully saturated rings. The molecule has 6 heteroatoms. The summed E-state index contributed by atoms with van der Waals surface area (Å²) in [5.41, 5.74) is 0.659. The maximum Gasteiger partial charge on any atom is 0.321 e. The predicted molar refractivity (Wildman–Crippen MR) is 75.6 cm³/mol. The highest BCUT2D eigenvalue weighted by Gasteiger charge is 2.11. The van der Waals surface area contributed by atoms with Crippen LogP contribution in [0.25, 0.3) is 0 Å². The Hall–Kier alpha value is -1.25. The highest BCUT2D eigenvalue weighted by molar-refractivity contribution is 9.10. The molecule has 0 spiro atoms.